The summed E-state index contributed by atoms with van der Waals surface area (Å²) in [6, 6.07) is 11.1. The number of carboxylic acid groups (broad SMARTS) is 1. The number of nitrogens with zero attached hydrogens (tertiary/aromatic N) is 1. The standard InChI is InChI=1S/C18H22N2O4/c21-17(22)11-7-2-1-3-8-12-19-18(23)15-13-16(24-20-15)14-9-5-4-6-10-14/h4-6,9-10,13H,1-3,7-8,11-12H2,(H,19,23)(H,21,22). The first-order valence-electron chi connectivity index (χ1n) is 8.19. The zero-order valence-corrected chi connectivity index (χ0v) is 13.5. The lowest BCUT2D eigenvalue weighted by Crippen LogP contribution is -2.24. The van der Waals surface area contributed by atoms with Crippen molar-refractivity contribution in [1.29, 1.82) is 0 Å². The van der Waals surface area contributed by atoms with Gasteiger partial charge in [-0.1, -0.05) is 54.8 Å². The highest BCUT2D eigenvalue weighted by atomic mass is 16.5. The van der Waals surface area contributed by atoms with E-state index in [1.807, 2.05) is 30.3 Å². The van der Waals surface area contributed by atoms with Gasteiger partial charge in [0.2, 0.25) is 0 Å². The molecule has 1 amide bonds. The van der Waals surface area contributed by atoms with E-state index in [4.69, 9.17) is 9.63 Å². The maximum atomic E-state index is 12.0. The first-order chi connectivity index (χ1) is 11.7. The SMILES string of the molecule is O=C(O)CCCCCCCNC(=O)c1cc(-c2ccccc2)on1. The average molecular weight is 330 g/mol. The number of carbonyl (C=O) groups excluding carboxylic acids is 1. The molecule has 0 spiro atoms. The molecule has 0 aliphatic carbocycles. The molecule has 6 nitrogen and oxygen atoms in total. The minimum atomic E-state index is -0.746. The van der Waals surface area contributed by atoms with Crippen LogP contribution in [0.1, 0.15) is 49.0 Å². The van der Waals surface area contributed by atoms with Crippen LogP contribution in [0.2, 0.25) is 0 Å². The summed E-state index contributed by atoms with van der Waals surface area (Å²) in [7, 11) is 0. The number of carbonyl (C=O) groups is 2. The highest BCUT2D eigenvalue weighted by Gasteiger charge is 2.12. The third-order valence-corrected chi connectivity index (χ3v) is 3.65. The monoisotopic (exact) mass is 330 g/mol. The normalized spacial score (nSPS) is 10.5. The summed E-state index contributed by atoms with van der Waals surface area (Å²) in [6.07, 6.45) is 4.65. The van der Waals surface area contributed by atoms with Gasteiger partial charge >= 0.3 is 5.97 Å². The van der Waals surface area contributed by atoms with Crippen LogP contribution in [0.25, 0.3) is 11.3 Å². The number of benzene rings is 1. The Morgan fingerprint density at radius 2 is 1.75 bits per heavy atom. The van der Waals surface area contributed by atoms with Crippen molar-refractivity contribution in [2.45, 2.75) is 38.5 Å². The van der Waals surface area contributed by atoms with Crippen molar-refractivity contribution in [3.8, 4) is 11.3 Å². The van der Waals surface area contributed by atoms with Crippen molar-refractivity contribution in [3.63, 3.8) is 0 Å². The number of hydrogen-bond donors (Lipinski definition) is 2. The molecule has 2 rings (SSSR count). The molecular weight excluding hydrogens is 308 g/mol. The molecule has 2 aromatic rings. The molecule has 0 bridgehead atoms. The van der Waals surface area contributed by atoms with Gasteiger partial charge in [0.1, 0.15) is 0 Å². The summed E-state index contributed by atoms with van der Waals surface area (Å²) in [6.45, 7) is 0.575. The Bertz CT molecular complexity index is 652. The number of unbranched alkanes of at least 4 members (excludes halogenated alkanes) is 4. The third-order valence-electron chi connectivity index (χ3n) is 3.65. The van der Waals surface area contributed by atoms with Crippen LogP contribution in [0.5, 0.6) is 0 Å². The lowest BCUT2D eigenvalue weighted by Gasteiger charge is -2.02. The van der Waals surface area contributed by atoms with Crippen LogP contribution in [0.15, 0.2) is 40.9 Å². The Morgan fingerprint density at radius 3 is 2.50 bits per heavy atom. The van der Waals surface area contributed by atoms with Crippen LogP contribution < -0.4 is 5.32 Å². The topological polar surface area (TPSA) is 92.4 Å². The summed E-state index contributed by atoms with van der Waals surface area (Å²) in [5.41, 5.74) is 1.15. The van der Waals surface area contributed by atoms with Gasteiger partial charge in [0.15, 0.2) is 11.5 Å². The lowest BCUT2D eigenvalue weighted by molar-refractivity contribution is -0.137. The minimum absolute atomic E-state index is 0.229. The highest BCUT2D eigenvalue weighted by molar-refractivity contribution is 5.93. The summed E-state index contributed by atoms with van der Waals surface area (Å²) in [5.74, 6) is -0.421. The van der Waals surface area contributed by atoms with Crippen molar-refractivity contribution in [3.05, 3.63) is 42.1 Å². The molecule has 1 aromatic carbocycles. The molecule has 1 heterocycles. The molecule has 0 radical (unpaired) electrons. The van der Waals surface area contributed by atoms with E-state index in [9.17, 15) is 9.59 Å². The van der Waals surface area contributed by atoms with Crippen molar-refractivity contribution in [1.82, 2.24) is 10.5 Å². The molecule has 6 heteroatoms. The predicted octanol–water partition coefficient (Wildman–Crippen LogP) is 3.50. The van der Waals surface area contributed by atoms with Crippen LogP contribution in [0.4, 0.5) is 0 Å². The van der Waals surface area contributed by atoms with E-state index in [0.717, 1.165) is 31.2 Å². The fraction of sp³-hybridized carbons (Fsp3) is 0.389. The van der Waals surface area contributed by atoms with Gasteiger partial charge in [-0.05, 0) is 12.8 Å². The Balaban J connectivity index is 1.65. The van der Waals surface area contributed by atoms with Crippen molar-refractivity contribution in [2.24, 2.45) is 0 Å². The van der Waals surface area contributed by atoms with E-state index in [-0.39, 0.29) is 18.0 Å². The Morgan fingerprint density at radius 1 is 1.04 bits per heavy atom. The fourth-order valence-electron chi connectivity index (χ4n) is 2.34. The van der Waals surface area contributed by atoms with Crippen molar-refractivity contribution in [2.75, 3.05) is 6.54 Å². The van der Waals surface area contributed by atoms with E-state index in [2.05, 4.69) is 10.5 Å². The van der Waals surface area contributed by atoms with Gasteiger partial charge in [0, 0.05) is 24.6 Å². The largest absolute Gasteiger partial charge is 0.481 e. The summed E-state index contributed by atoms with van der Waals surface area (Å²) >= 11 is 0. The Kier molecular flexibility index (Phi) is 7.01. The molecule has 0 unspecified atom stereocenters. The van der Waals surface area contributed by atoms with E-state index in [1.54, 1.807) is 6.07 Å². The molecule has 0 aliphatic heterocycles. The van der Waals surface area contributed by atoms with Crippen LogP contribution in [-0.4, -0.2) is 28.7 Å². The molecule has 0 fully saturated rings. The second-order valence-corrected chi connectivity index (χ2v) is 5.61. The number of rotatable bonds is 10. The van der Waals surface area contributed by atoms with Gasteiger partial charge < -0.3 is 14.9 Å². The van der Waals surface area contributed by atoms with E-state index < -0.39 is 5.97 Å². The first kappa shape index (κ1) is 17.7. The van der Waals surface area contributed by atoms with Gasteiger partial charge in [-0.2, -0.15) is 0 Å². The predicted molar refractivity (Wildman–Crippen MR) is 89.6 cm³/mol. The fourth-order valence-corrected chi connectivity index (χ4v) is 2.34. The second kappa shape index (κ2) is 9.50. The molecule has 2 N–H and O–H groups in total. The van der Waals surface area contributed by atoms with Crippen LogP contribution in [0, 0.1) is 0 Å². The number of amides is 1. The number of nitrogens with one attached hydrogen (secondary N) is 1. The number of hydrogen-bond acceptors (Lipinski definition) is 4. The Hall–Kier alpha value is -2.63. The van der Waals surface area contributed by atoms with Gasteiger partial charge in [0.25, 0.3) is 5.91 Å². The van der Waals surface area contributed by atoms with Crippen LogP contribution >= 0.6 is 0 Å². The molecule has 0 saturated carbocycles. The van der Waals surface area contributed by atoms with Gasteiger partial charge in [-0.15, -0.1) is 0 Å². The van der Waals surface area contributed by atoms with Gasteiger partial charge in [-0.3, -0.25) is 9.59 Å². The van der Waals surface area contributed by atoms with Crippen molar-refractivity contribution >= 4 is 11.9 Å². The smallest absolute Gasteiger partial charge is 0.303 e. The molecule has 0 saturated heterocycles. The zero-order valence-electron chi connectivity index (χ0n) is 13.5. The minimum Gasteiger partial charge on any atom is -0.481 e. The zero-order chi connectivity index (χ0) is 17.2. The average Bonchev–Trinajstić information content (AvgIpc) is 3.08. The number of aliphatic carboxylic acids is 1. The molecule has 24 heavy (non-hydrogen) atoms. The summed E-state index contributed by atoms with van der Waals surface area (Å²) in [4.78, 5) is 22.4. The van der Waals surface area contributed by atoms with E-state index in [1.165, 1.54) is 0 Å². The first-order valence-corrected chi connectivity index (χ1v) is 8.19. The molecule has 128 valence electrons. The number of aromatic nitrogens is 1. The lowest BCUT2D eigenvalue weighted by atomic mass is 10.1. The van der Waals surface area contributed by atoms with Gasteiger partial charge in [-0.25, -0.2) is 0 Å². The van der Waals surface area contributed by atoms with Crippen LogP contribution in [-0.2, 0) is 4.79 Å². The summed E-state index contributed by atoms with van der Waals surface area (Å²) < 4.78 is 5.20. The maximum absolute atomic E-state index is 12.0. The number of carboxylic acids is 1. The van der Waals surface area contributed by atoms with E-state index >= 15 is 0 Å². The van der Waals surface area contributed by atoms with Crippen LogP contribution in [0.3, 0.4) is 0 Å². The molecular formula is C18H22N2O4. The Labute approximate surface area is 140 Å². The molecule has 0 atom stereocenters. The quantitative estimate of drug-likeness (QED) is 0.650. The molecule has 0 aliphatic rings. The van der Waals surface area contributed by atoms with Crippen molar-refractivity contribution < 1.29 is 19.2 Å². The summed E-state index contributed by atoms with van der Waals surface area (Å²) in [5, 5.41) is 15.2. The third kappa shape index (κ3) is 5.87. The van der Waals surface area contributed by atoms with E-state index in [0.29, 0.717) is 18.7 Å². The highest BCUT2D eigenvalue weighted by Crippen LogP contribution is 2.19. The maximum Gasteiger partial charge on any atom is 0.303 e. The molecule has 1 aromatic heterocycles. The van der Waals surface area contributed by atoms with Gasteiger partial charge in [0.05, 0.1) is 0 Å². The second-order valence-electron chi connectivity index (χ2n) is 5.61.